The van der Waals surface area contributed by atoms with Gasteiger partial charge in [0.25, 0.3) is 0 Å². The zero-order valence-corrected chi connectivity index (χ0v) is 20.1. The summed E-state index contributed by atoms with van der Waals surface area (Å²) in [5.41, 5.74) is 2.75. The monoisotopic (exact) mass is 430 g/mol. The number of methoxy groups -OCH3 is 1. The van der Waals surface area contributed by atoms with Crippen LogP contribution in [0.2, 0.25) is 0 Å². The number of hydrogen-bond donors (Lipinski definition) is 0. The van der Waals surface area contributed by atoms with Crippen LogP contribution >= 0.6 is 0 Å². The molecule has 3 unspecified atom stereocenters. The highest BCUT2D eigenvalue weighted by molar-refractivity contribution is 5.83. The van der Waals surface area contributed by atoms with Crippen LogP contribution in [0.5, 0.6) is 0 Å². The highest BCUT2D eigenvalue weighted by atomic mass is 16.7. The van der Waals surface area contributed by atoms with E-state index in [1.165, 1.54) is 17.2 Å². The van der Waals surface area contributed by atoms with Gasteiger partial charge in [-0.3, -0.25) is 0 Å². The molecule has 5 atom stereocenters. The lowest BCUT2D eigenvalue weighted by Crippen LogP contribution is -2.53. The predicted molar refractivity (Wildman–Crippen MR) is 121 cm³/mol. The molecule has 172 valence electrons. The summed E-state index contributed by atoms with van der Waals surface area (Å²) in [6.07, 6.45) is 13.2. The maximum Gasteiger partial charge on any atom is 0.335 e. The van der Waals surface area contributed by atoms with Crippen LogP contribution in [-0.2, 0) is 23.7 Å². The molecule has 2 saturated heterocycles. The zero-order valence-electron chi connectivity index (χ0n) is 20.1. The van der Waals surface area contributed by atoms with E-state index >= 15 is 0 Å². The fraction of sp³-hybridized carbons (Fsp3) is 0.654. The van der Waals surface area contributed by atoms with Crippen molar-refractivity contribution in [1.29, 1.82) is 0 Å². The Labute approximate surface area is 187 Å². The largest absolute Gasteiger partial charge is 0.432 e. The molecule has 0 amide bonds. The van der Waals surface area contributed by atoms with E-state index < -0.39 is 11.4 Å². The maximum absolute atomic E-state index is 12.1. The van der Waals surface area contributed by atoms with Crippen LogP contribution in [0.1, 0.15) is 67.2 Å². The van der Waals surface area contributed by atoms with Gasteiger partial charge in [-0.05, 0) is 70.9 Å². The van der Waals surface area contributed by atoms with Gasteiger partial charge >= 0.3 is 5.97 Å². The number of carbonyl (C=O) groups excluding carboxylic acids is 1. The van der Waals surface area contributed by atoms with Crippen LogP contribution < -0.4 is 0 Å². The Balaban J connectivity index is 1.97. The molecule has 5 heteroatoms. The Bertz CT molecular complexity index is 814. The lowest BCUT2D eigenvalue weighted by Gasteiger charge is -2.49. The van der Waals surface area contributed by atoms with Crippen molar-refractivity contribution in [1.82, 2.24) is 0 Å². The Hall–Kier alpha value is -1.69. The van der Waals surface area contributed by atoms with Gasteiger partial charge in [-0.1, -0.05) is 30.2 Å². The van der Waals surface area contributed by atoms with E-state index in [9.17, 15) is 4.79 Å². The molecule has 3 aliphatic rings. The van der Waals surface area contributed by atoms with Crippen molar-refractivity contribution in [2.24, 2.45) is 11.3 Å². The van der Waals surface area contributed by atoms with Crippen molar-refractivity contribution in [3.63, 3.8) is 0 Å². The van der Waals surface area contributed by atoms with Gasteiger partial charge in [-0.25, -0.2) is 4.79 Å². The average Bonchev–Trinajstić information content (AvgIpc) is 3.14. The van der Waals surface area contributed by atoms with Gasteiger partial charge in [-0.2, -0.15) is 0 Å². The molecule has 1 spiro atoms. The molecule has 1 aliphatic carbocycles. The number of rotatable bonds is 7. The lowest BCUT2D eigenvalue weighted by molar-refractivity contribution is -0.236. The van der Waals surface area contributed by atoms with Gasteiger partial charge < -0.3 is 18.9 Å². The van der Waals surface area contributed by atoms with Crippen LogP contribution in [0.25, 0.3) is 0 Å². The van der Waals surface area contributed by atoms with E-state index in [-0.39, 0.29) is 23.4 Å². The van der Waals surface area contributed by atoms with Crippen molar-refractivity contribution in [2.75, 3.05) is 13.7 Å². The minimum atomic E-state index is -0.701. The minimum absolute atomic E-state index is 0.00506. The van der Waals surface area contributed by atoms with Gasteiger partial charge in [-0.15, -0.1) is 0 Å². The summed E-state index contributed by atoms with van der Waals surface area (Å²) in [6.45, 7) is 12.9. The van der Waals surface area contributed by atoms with E-state index in [1.807, 2.05) is 26.8 Å². The van der Waals surface area contributed by atoms with Crippen molar-refractivity contribution >= 4 is 5.97 Å². The SMILES string of the molecule is CO[C@@]1(C)CC2OCC3=CC[C@](C)(CCC=C(C)C)C(/C=C/OC(=O)C=C(C)C)C32O1. The normalized spacial score (nSPS) is 36.5. The Kier molecular flexibility index (Phi) is 6.99. The highest BCUT2D eigenvalue weighted by Gasteiger charge is 2.67. The summed E-state index contributed by atoms with van der Waals surface area (Å²) in [7, 11) is 1.68. The molecule has 31 heavy (non-hydrogen) atoms. The lowest BCUT2D eigenvalue weighted by atomic mass is 9.58. The van der Waals surface area contributed by atoms with Crippen LogP contribution in [0.3, 0.4) is 0 Å². The summed E-state index contributed by atoms with van der Waals surface area (Å²) in [5.74, 6) is -1.07. The number of hydrogen-bond acceptors (Lipinski definition) is 5. The van der Waals surface area contributed by atoms with Crippen molar-refractivity contribution in [3.05, 3.63) is 47.3 Å². The molecule has 0 aromatic heterocycles. The third-order valence-corrected chi connectivity index (χ3v) is 6.95. The minimum Gasteiger partial charge on any atom is -0.432 e. The topological polar surface area (TPSA) is 54.0 Å². The standard InChI is InChI=1S/C26H38O5/c1-18(2)9-8-12-24(5)13-10-20-17-30-22-16-25(6,28-7)31-26(20,22)21(24)11-14-29-23(27)15-19(3)4/h9-11,14-15,21-22H,8,12-13,16-17H2,1-7H3/b14-11+/t21?,22?,24-,25+,26?/m0/s1. The molecule has 2 heterocycles. The molecule has 2 aliphatic heterocycles. The van der Waals surface area contributed by atoms with Gasteiger partial charge in [0.05, 0.1) is 19.0 Å². The second-order valence-corrected chi connectivity index (χ2v) is 10.1. The van der Waals surface area contributed by atoms with Gasteiger partial charge in [0, 0.05) is 25.5 Å². The Morgan fingerprint density at radius 3 is 2.61 bits per heavy atom. The smallest absolute Gasteiger partial charge is 0.335 e. The van der Waals surface area contributed by atoms with E-state index in [4.69, 9.17) is 18.9 Å². The van der Waals surface area contributed by atoms with E-state index in [1.54, 1.807) is 13.4 Å². The first-order valence-corrected chi connectivity index (χ1v) is 11.3. The van der Waals surface area contributed by atoms with Crippen LogP contribution in [0.15, 0.2) is 47.3 Å². The molecule has 0 saturated carbocycles. The molecule has 0 aromatic carbocycles. The fourth-order valence-electron chi connectivity index (χ4n) is 5.30. The first kappa shape index (κ1) is 24.0. The molecule has 0 radical (unpaired) electrons. The van der Waals surface area contributed by atoms with Crippen LogP contribution in [0, 0.1) is 11.3 Å². The van der Waals surface area contributed by atoms with E-state index in [0.717, 1.165) is 24.8 Å². The van der Waals surface area contributed by atoms with Crippen LogP contribution in [-0.4, -0.2) is 37.2 Å². The second-order valence-electron chi connectivity index (χ2n) is 10.1. The first-order valence-electron chi connectivity index (χ1n) is 11.3. The van der Waals surface area contributed by atoms with Gasteiger partial charge in [0.15, 0.2) is 5.79 Å². The zero-order chi connectivity index (χ0) is 22.9. The molecule has 0 bridgehead atoms. The van der Waals surface area contributed by atoms with Crippen molar-refractivity contribution in [2.45, 2.75) is 84.7 Å². The third-order valence-electron chi connectivity index (χ3n) is 6.95. The third kappa shape index (κ3) is 4.74. The molecule has 5 nitrogen and oxygen atoms in total. The van der Waals surface area contributed by atoms with Gasteiger partial charge in [0.1, 0.15) is 5.60 Å². The predicted octanol–water partition coefficient (Wildman–Crippen LogP) is 5.63. The fourth-order valence-corrected chi connectivity index (χ4v) is 5.30. The molecule has 0 N–H and O–H groups in total. The molecule has 3 rings (SSSR count). The van der Waals surface area contributed by atoms with Gasteiger partial charge in [0.2, 0.25) is 0 Å². The summed E-state index contributed by atoms with van der Waals surface area (Å²) < 4.78 is 24.1. The summed E-state index contributed by atoms with van der Waals surface area (Å²) >= 11 is 0. The van der Waals surface area contributed by atoms with Crippen molar-refractivity contribution < 1.29 is 23.7 Å². The summed E-state index contributed by atoms with van der Waals surface area (Å²) in [4.78, 5) is 12.1. The van der Waals surface area contributed by atoms with Crippen LogP contribution in [0.4, 0.5) is 0 Å². The Morgan fingerprint density at radius 1 is 1.23 bits per heavy atom. The number of ether oxygens (including phenoxy) is 4. The van der Waals surface area contributed by atoms with E-state index in [2.05, 4.69) is 32.9 Å². The first-order chi connectivity index (χ1) is 14.5. The van der Waals surface area contributed by atoms with E-state index in [0.29, 0.717) is 13.0 Å². The number of allylic oxidation sites excluding steroid dienone is 4. The maximum atomic E-state index is 12.1. The molecule has 0 aromatic rings. The quantitative estimate of drug-likeness (QED) is 0.227. The second kappa shape index (κ2) is 9.05. The number of esters is 1. The summed E-state index contributed by atoms with van der Waals surface area (Å²) in [6, 6.07) is 0. The molecular formula is C26H38O5. The number of carbonyl (C=O) groups is 1. The van der Waals surface area contributed by atoms with Crippen molar-refractivity contribution in [3.8, 4) is 0 Å². The molecule has 2 fully saturated rings. The molecular weight excluding hydrogens is 392 g/mol. The average molecular weight is 431 g/mol. The summed E-state index contributed by atoms with van der Waals surface area (Å²) in [5, 5.41) is 0. The Morgan fingerprint density at radius 2 is 1.97 bits per heavy atom. The highest BCUT2D eigenvalue weighted by Crippen LogP contribution is 2.61.